The fourth-order valence-corrected chi connectivity index (χ4v) is 8.56. The standard InChI is InChI=1S/C66H120N4O18/c1-61(2,3)83-55(74)31-43-67(44-32-56(75)84-62(4,5)6)37-22-19-25-49-80-52(71)28-40-70(41-29-53(72)81-50-26-20-23-38-68(45-33-57(76)85-63(7,8)9)46-34-58(77)86-64(10,11)12)42-30-54(73)82-51-27-21-24-39-69(47-35-59(78)87-65(13,14)15)48-36-60(79)88-66(16,17)18/h19-51H2,1-18H3. The van der Waals surface area contributed by atoms with Gasteiger partial charge in [0.15, 0.2) is 0 Å². The first-order valence-corrected chi connectivity index (χ1v) is 32.2. The minimum atomic E-state index is -0.608. The number of carbonyl (C=O) groups is 9. The zero-order valence-electron chi connectivity index (χ0n) is 58.0. The van der Waals surface area contributed by atoms with E-state index in [0.29, 0.717) is 78.2 Å². The van der Waals surface area contributed by atoms with E-state index in [-0.39, 0.29) is 133 Å². The van der Waals surface area contributed by atoms with Crippen LogP contribution in [-0.4, -0.2) is 205 Å². The molecular weight excluding hydrogens is 1140 g/mol. The Morgan fingerprint density at radius 1 is 0.205 bits per heavy atom. The van der Waals surface area contributed by atoms with Gasteiger partial charge in [-0.2, -0.15) is 0 Å². The molecule has 0 heterocycles. The molecular formula is C66H120N4O18. The van der Waals surface area contributed by atoms with Crippen LogP contribution in [0.5, 0.6) is 0 Å². The van der Waals surface area contributed by atoms with Crippen LogP contribution in [-0.2, 0) is 85.8 Å². The normalized spacial score (nSPS) is 12.5. The molecule has 0 aromatic carbocycles. The molecule has 512 valence electrons. The van der Waals surface area contributed by atoms with Crippen LogP contribution < -0.4 is 0 Å². The molecule has 0 aliphatic carbocycles. The Hall–Kier alpha value is -4.93. The largest absolute Gasteiger partial charge is 0.466 e. The van der Waals surface area contributed by atoms with Crippen molar-refractivity contribution in [2.45, 2.75) is 274 Å². The molecule has 0 saturated carbocycles. The summed E-state index contributed by atoms with van der Waals surface area (Å²) in [4.78, 5) is 122. The maximum atomic E-state index is 13.0. The summed E-state index contributed by atoms with van der Waals surface area (Å²) in [6, 6.07) is 0. The lowest BCUT2D eigenvalue weighted by Gasteiger charge is -2.25. The zero-order valence-corrected chi connectivity index (χ0v) is 58.0. The van der Waals surface area contributed by atoms with Crippen LogP contribution in [0.15, 0.2) is 0 Å². The Labute approximate surface area is 529 Å². The van der Waals surface area contributed by atoms with Gasteiger partial charge in [0.25, 0.3) is 0 Å². The second-order valence-electron chi connectivity index (χ2n) is 28.5. The molecule has 0 amide bonds. The van der Waals surface area contributed by atoms with E-state index in [2.05, 4.69) is 0 Å². The van der Waals surface area contributed by atoms with Gasteiger partial charge in [0, 0.05) is 58.9 Å². The van der Waals surface area contributed by atoms with Crippen molar-refractivity contribution in [1.82, 2.24) is 19.6 Å². The second-order valence-corrected chi connectivity index (χ2v) is 28.5. The van der Waals surface area contributed by atoms with Crippen LogP contribution in [0.1, 0.15) is 240 Å². The Bertz CT molecular complexity index is 1730. The number of carbonyl (C=O) groups excluding carboxylic acids is 9. The first-order chi connectivity index (χ1) is 40.6. The van der Waals surface area contributed by atoms with E-state index in [1.807, 2.05) is 144 Å². The molecule has 0 aliphatic rings. The third-order valence-electron chi connectivity index (χ3n) is 12.4. The number of rotatable bonds is 45. The molecule has 0 saturated heterocycles. The first kappa shape index (κ1) is 83.1. The topological polar surface area (TPSA) is 250 Å². The summed E-state index contributed by atoms with van der Waals surface area (Å²) in [5.41, 5.74) is -3.65. The third kappa shape index (κ3) is 55.2. The summed E-state index contributed by atoms with van der Waals surface area (Å²) >= 11 is 0. The van der Waals surface area contributed by atoms with E-state index in [1.165, 1.54) is 0 Å². The van der Waals surface area contributed by atoms with E-state index in [4.69, 9.17) is 42.6 Å². The van der Waals surface area contributed by atoms with Gasteiger partial charge in [-0.05, 0) is 202 Å². The molecule has 0 radical (unpaired) electrons. The van der Waals surface area contributed by atoms with Crippen LogP contribution >= 0.6 is 0 Å². The molecule has 0 rings (SSSR count). The summed E-state index contributed by atoms with van der Waals surface area (Å²) < 4.78 is 49.7. The number of nitrogens with zero attached hydrogens (tertiary/aromatic N) is 4. The molecule has 0 unspecified atom stereocenters. The van der Waals surface area contributed by atoms with Gasteiger partial charge < -0.3 is 62.2 Å². The van der Waals surface area contributed by atoms with Crippen molar-refractivity contribution in [3.8, 4) is 0 Å². The molecule has 88 heavy (non-hydrogen) atoms. The monoisotopic (exact) mass is 1260 g/mol. The summed E-state index contributed by atoms with van der Waals surface area (Å²) in [6.07, 6.45) is 7.30. The van der Waals surface area contributed by atoms with Gasteiger partial charge in [-0.15, -0.1) is 0 Å². The van der Waals surface area contributed by atoms with Gasteiger partial charge in [0.1, 0.15) is 33.6 Å². The van der Waals surface area contributed by atoms with Gasteiger partial charge in [-0.25, -0.2) is 0 Å². The molecule has 0 aromatic heterocycles. The minimum absolute atomic E-state index is 0.0202. The Morgan fingerprint density at radius 3 is 0.511 bits per heavy atom. The van der Waals surface area contributed by atoms with Crippen molar-refractivity contribution >= 4 is 53.7 Å². The smallest absolute Gasteiger partial charge is 0.307 e. The van der Waals surface area contributed by atoms with Crippen molar-refractivity contribution in [3.05, 3.63) is 0 Å². The Morgan fingerprint density at radius 2 is 0.352 bits per heavy atom. The van der Waals surface area contributed by atoms with Gasteiger partial charge in [-0.1, -0.05) is 0 Å². The average Bonchev–Trinajstić information content (AvgIpc) is 3.53. The second kappa shape index (κ2) is 42.9. The molecule has 0 atom stereocenters. The molecule has 0 bridgehead atoms. The van der Waals surface area contributed by atoms with Crippen molar-refractivity contribution in [2.75, 3.05) is 98.4 Å². The molecule has 22 nitrogen and oxygen atoms in total. The highest BCUT2D eigenvalue weighted by atomic mass is 16.6. The van der Waals surface area contributed by atoms with E-state index in [0.717, 1.165) is 38.5 Å². The lowest BCUT2D eigenvalue weighted by molar-refractivity contribution is -0.157. The van der Waals surface area contributed by atoms with Gasteiger partial charge in [0.05, 0.1) is 77.6 Å². The van der Waals surface area contributed by atoms with Crippen LogP contribution in [0.25, 0.3) is 0 Å². The van der Waals surface area contributed by atoms with Gasteiger partial charge in [0.2, 0.25) is 0 Å². The van der Waals surface area contributed by atoms with Crippen molar-refractivity contribution in [1.29, 1.82) is 0 Å². The highest BCUT2D eigenvalue weighted by molar-refractivity contribution is 5.73. The van der Waals surface area contributed by atoms with Gasteiger partial charge >= 0.3 is 53.7 Å². The Balaban J connectivity index is 5.56. The van der Waals surface area contributed by atoms with Crippen molar-refractivity contribution in [2.24, 2.45) is 0 Å². The van der Waals surface area contributed by atoms with Crippen LogP contribution in [0, 0.1) is 0 Å². The molecule has 0 aromatic rings. The van der Waals surface area contributed by atoms with E-state index < -0.39 is 51.5 Å². The molecule has 0 spiro atoms. The summed E-state index contributed by atoms with van der Waals surface area (Å²) in [7, 11) is 0. The number of esters is 9. The fraction of sp³-hybridized carbons (Fsp3) is 0.864. The van der Waals surface area contributed by atoms with Crippen LogP contribution in [0.4, 0.5) is 0 Å². The molecule has 0 N–H and O–H groups in total. The number of hydrogen-bond donors (Lipinski definition) is 0. The summed E-state index contributed by atoms with van der Waals surface area (Å²) in [5, 5.41) is 0. The number of ether oxygens (including phenoxy) is 9. The van der Waals surface area contributed by atoms with E-state index >= 15 is 0 Å². The maximum absolute atomic E-state index is 13.0. The lowest BCUT2D eigenvalue weighted by atomic mass is 10.2. The maximum Gasteiger partial charge on any atom is 0.307 e. The van der Waals surface area contributed by atoms with E-state index in [1.54, 1.807) is 0 Å². The quantitative estimate of drug-likeness (QED) is 0.0312. The molecule has 22 heteroatoms. The summed E-state index contributed by atoms with van der Waals surface area (Å²) in [5.74, 6) is -3.18. The SMILES string of the molecule is CC(C)(C)OC(=O)CCN(CCCCCOC(=O)CCN(CCC(=O)OCCCCCN(CCC(=O)OC(C)(C)C)CCC(=O)OC(C)(C)C)CCC(=O)OCCCCCN(CCC(=O)OC(C)(C)C)CCC(=O)OC(C)(C)C)CCC(=O)OC(C)(C)C. The average molecular weight is 1260 g/mol. The van der Waals surface area contributed by atoms with Crippen LogP contribution in [0.3, 0.4) is 0 Å². The molecule has 0 aliphatic heterocycles. The highest BCUT2D eigenvalue weighted by Gasteiger charge is 2.24. The van der Waals surface area contributed by atoms with Gasteiger partial charge in [-0.3, -0.25) is 43.2 Å². The predicted octanol–water partition coefficient (Wildman–Crippen LogP) is 9.90. The van der Waals surface area contributed by atoms with Crippen molar-refractivity contribution in [3.63, 3.8) is 0 Å². The predicted molar refractivity (Wildman–Crippen MR) is 337 cm³/mol. The highest BCUT2D eigenvalue weighted by Crippen LogP contribution is 2.16. The van der Waals surface area contributed by atoms with E-state index in [9.17, 15) is 43.2 Å². The van der Waals surface area contributed by atoms with Crippen molar-refractivity contribution < 1.29 is 85.8 Å². The number of hydrogen-bond acceptors (Lipinski definition) is 22. The number of unbranched alkanes of at least 4 members (excludes halogenated alkanes) is 6. The Kier molecular flexibility index (Phi) is 40.5. The summed E-state index contributed by atoms with van der Waals surface area (Å²) in [6.45, 7) is 38.3. The lowest BCUT2D eigenvalue weighted by Crippen LogP contribution is -2.33. The fourth-order valence-electron chi connectivity index (χ4n) is 8.56. The third-order valence-corrected chi connectivity index (χ3v) is 12.4. The molecule has 0 fully saturated rings. The zero-order chi connectivity index (χ0) is 67.2. The first-order valence-electron chi connectivity index (χ1n) is 32.2. The van der Waals surface area contributed by atoms with Crippen LogP contribution in [0.2, 0.25) is 0 Å². The minimum Gasteiger partial charge on any atom is -0.466 e.